The van der Waals surface area contributed by atoms with Crippen molar-refractivity contribution in [2.24, 2.45) is 0 Å². The Morgan fingerprint density at radius 3 is 2.12 bits per heavy atom. The number of hydrogen-bond acceptors (Lipinski definition) is 4. The maximum Gasteiger partial charge on any atom is 0.159 e. The minimum absolute atomic E-state index is 0.488. The summed E-state index contributed by atoms with van der Waals surface area (Å²) in [6.45, 7) is 4.11. The second kappa shape index (κ2) is 7.21. The van der Waals surface area contributed by atoms with Crippen LogP contribution in [0.25, 0.3) is 22.5 Å². The Balaban J connectivity index is 1.78. The Labute approximate surface area is 140 Å². The molecule has 0 aliphatic heterocycles. The second-order valence-corrected chi connectivity index (χ2v) is 5.11. The molecule has 0 unspecified atom stereocenters. The first-order chi connectivity index (χ1) is 11.8. The molecule has 1 heterocycles. The largest absolute Gasteiger partial charge is 0.490 e. The SMILES string of the molecule is C=CCOc1ccc(-c2cnc(-c3ccc(C#N)cc3)nc2)cc1. The first-order valence-corrected chi connectivity index (χ1v) is 7.47. The summed E-state index contributed by atoms with van der Waals surface area (Å²) in [4.78, 5) is 8.83. The van der Waals surface area contributed by atoms with Gasteiger partial charge in [-0.15, -0.1) is 0 Å². The first-order valence-electron chi connectivity index (χ1n) is 7.47. The minimum atomic E-state index is 0.488. The van der Waals surface area contributed by atoms with Crippen molar-refractivity contribution in [2.45, 2.75) is 0 Å². The number of nitriles is 1. The molecule has 0 aliphatic carbocycles. The Bertz CT molecular complexity index is 861. The fourth-order valence-corrected chi connectivity index (χ4v) is 2.22. The molecule has 0 saturated heterocycles. The van der Waals surface area contributed by atoms with Gasteiger partial charge in [0.25, 0.3) is 0 Å². The standard InChI is InChI=1S/C20H15N3O/c1-2-11-24-19-9-7-16(8-10-19)18-13-22-20(23-14-18)17-5-3-15(12-21)4-6-17/h2-10,13-14H,1,11H2. The zero-order chi connectivity index (χ0) is 16.8. The molecule has 1 aromatic heterocycles. The van der Waals surface area contributed by atoms with Gasteiger partial charge in [-0.25, -0.2) is 9.97 Å². The van der Waals surface area contributed by atoms with Crippen molar-refractivity contribution >= 4 is 0 Å². The van der Waals surface area contributed by atoms with Crippen LogP contribution in [-0.4, -0.2) is 16.6 Å². The number of ether oxygens (including phenoxy) is 1. The Hall–Kier alpha value is -3.45. The second-order valence-electron chi connectivity index (χ2n) is 5.11. The zero-order valence-electron chi connectivity index (χ0n) is 13.0. The van der Waals surface area contributed by atoms with Gasteiger partial charge in [-0.1, -0.05) is 24.8 Å². The van der Waals surface area contributed by atoms with Crippen LogP contribution in [0.15, 0.2) is 73.6 Å². The van der Waals surface area contributed by atoms with Crippen LogP contribution in [0.2, 0.25) is 0 Å². The molecule has 0 fully saturated rings. The van der Waals surface area contributed by atoms with Gasteiger partial charge in [-0.2, -0.15) is 5.26 Å². The Kier molecular flexibility index (Phi) is 4.64. The molecule has 3 aromatic rings. The molecule has 0 spiro atoms. The van der Waals surface area contributed by atoms with Crippen LogP contribution in [0, 0.1) is 11.3 Å². The smallest absolute Gasteiger partial charge is 0.159 e. The molecule has 116 valence electrons. The molecule has 24 heavy (non-hydrogen) atoms. The molecule has 0 saturated carbocycles. The third kappa shape index (κ3) is 3.47. The molecule has 0 amide bonds. The minimum Gasteiger partial charge on any atom is -0.490 e. The van der Waals surface area contributed by atoms with Gasteiger partial charge in [0.05, 0.1) is 11.6 Å². The molecule has 2 aromatic carbocycles. The molecule has 0 bridgehead atoms. The molecule has 0 radical (unpaired) electrons. The predicted molar refractivity (Wildman–Crippen MR) is 93.3 cm³/mol. The Morgan fingerprint density at radius 1 is 0.917 bits per heavy atom. The highest BCUT2D eigenvalue weighted by Crippen LogP contribution is 2.23. The molecule has 4 heteroatoms. The van der Waals surface area contributed by atoms with Crippen LogP contribution in [0.5, 0.6) is 5.75 Å². The average Bonchev–Trinajstić information content (AvgIpc) is 2.67. The quantitative estimate of drug-likeness (QED) is 0.661. The number of rotatable bonds is 5. The average molecular weight is 313 g/mol. The van der Waals surface area contributed by atoms with Crippen LogP contribution in [0.3, 0.4) is 0 Å². The van der Waals surface area contributed by atoms with E-state index in [1.807, 2.05) is 36.4 Å². The van der Waals surface area contributed by atoms with Gasteiger partial charge in [0, 0.05) is 23.5 Å². The lowest BCUT2D eigenvalue weighted by molar-refractivity contribution is 0.363. The van der Waals surface area contributed by atoms with Crippen molar-refractivity contribution in [3.05, 3.63) is 79.1 Å². The summed E-state index contributed by atoms with van der Waals surface area (Å²) in [5.74, 6) is 1.43. The normalized spacial score (nSPS) is 9.96. The molecule has 3 rings (SSSR count). The van der Waals surface area contributed by atoms with Crippen LogP contribution in [-0.2, 0) is 0 Å². The molecule has 0 aliphatic rings. The maximum absolute atomic E-state index is 8.83. The van der Waals surface area contributed by atoms with E-state index in [1.165, 1.54) is 0 Å². The van der Waals surface area contributed by atoms with Crippen molar-refractivity contribution < 1.29 is 4.74 Å². The van der Waals surface area contributed by atoms with Crippen LogP contribution < -0.4 is 4.74 Å². The predicted octanol–water partition coefficient (Wildman–Crippen LogP) is 4.25. The van der Waals surface area contributed by atoms with E-state index >= 15 is 0 Å². The summed E-state index contributed by atoms with van der Waals surface area (Å²) in [5.41, 5.74) is 3.46. The summed E-state index contributed by atoms with van der Waals surface area (Å²) in [7, 11) is 0. The molecular formula is C20H15N3O. The van der Waals surface area contributed by atoms with E-state index in [4.69, 9.17) is 10.00 Å². The summed E-state index contributed by atoms with van der Waals surface area (Å²) >= 11 is 0. The zero-order valence-corrected chi connectivity index (χ0v) is 13.0. The van der Waals surface area contributed by atoms with Crippen molar-refractivity contribution in [1.29, 1.82) is 5.26 Å². The number of nitrogens with zero attached hydrogens (tertiary/aromatic N) is 3. The van der Waals surface area contributed by atoms with Crippen molar-refractivity contribution in [1.82, 2.24) is 9.97 Å². The lowest BCUT2D eigenvalue weighted by Gasteiger charge is -2.06. The summed E-state index contributed by atoms with van der Waals surface area (Å²) in [5, 5.41) is 8.83. The van der Waals surface area contributed by atoms with Crippen LogP contribution in [0.4, 0.5) is 0 Å². The van der Waals surface area contributed by atoms with E-state index in [9.17, 15) is 0 Å². The summed E-state index contributed by atoms with van der Waals surface area (Å²) < 4.78 is 5.47. The van der Waals surface area contributed by atoms with Crippen molar-refractivity contribution in [3.63, 3.8) is 0 Å². The van der Waals surface area contributed by atoms with Crippen LogP contribution >= 0.6 is 0 Å². The van der Waals surface area contributed by atoms with E-state index in [2.05, 4.69) is 22.6 Å². The maximum atomic E-state index is 8.83. The third-order valence-corrected chi connectivity index (χ3v) is 3.48. The van der Waals surface area contributed by atoms with Gasteiger partial charge in [-0.05, 0) is 42.0 Å². The lowest BCUT2D eigenvalue weighted by atomic mass is 10.1. The van der Waals surface area contributed by atoms with E-state index in [0.29, 0.717) is 18.0 Å². The summed E-state index contributed by atoms with van der Waals surface area (Å²) in [6.07, 6.45) is 5.30. The van der Waals surface area contributed by atoms with Gasteiger partial charge >= 0.3 is 0 Å². The van der Waals surface area contributed by atoms with Crippen molar-refractivity contribution in [2.75, 3.05) is 6.61 Å². The Morgan fingerprint density at radius 2 is 1.54 bits per heavy atom. The highest BCUT2D eigenvalue weighted by atomic mass is 16.5. The first kappa shape index (κ1) is 15.4. The topological polar surface area (TPSA) is 58.8 Å². The van der Waals surface area contributed by atoms with Gasteiger partial charge in [0.1, 0.15) is 12.4 Å². The third-order valence-electron chi connectivity index (χ3n) is 3.48. The molecule has 4 nitrogen and oxygen atoms in total. The number of benzene rings is 2. The molecule has 0 N–H and O–H groups in total. The fourth-order valence-electron chi connectivity index (χ4n) is 2.22. The summed E-state index contributed by atoms with van der Waals surface area (Å²) in [6, 6.07) is 17.1. The number of aromatic nitrogens is 2. The van der Waals surface area contributed by atoms with Crippen molar-refractivity contribution in [3.8, 4) is 34.3 Å². The van der Waals surface area contributed by atoms with Gasteiger partial charge in [0.2, 0.25) is 0 Å². The monoisotopic (exact) mass is 313 g/mol. The highest BCUT2D eigenvalue weighted by molar-refractivity contribution is 5.64. The lowest BCUT2D eigenvalue weighted by Crippen LogP contribution is -1.93. The van der Waals surface area contributed by atoms with E-state index < -0.39 is 0 Å². The van der Waals surface area contributed by atoms with Gasteiger partial charge in [-0.3, -0.25) is 0 Å². The fraction of sp³-hybridized carbons (Fsp3) is 0.0500. The van der Waals surface area contributed by atoms with Gasteiger partial charge in [0.15, 0.2) is 5.82 Å². The van der Waals surface area contributed by atoms with Crippen LogP contribution in [0.1, 0.15) is 5.56 Å². The highest BCUT2D eigenvalue weighted by Gasteiger charge is 2.04. The molecule has 0 atom stereocenters. The van der Waals surface area contributed by atoms with E-state index in [0.717, 1.165) is 22.4 Å². The van der Waals surface area contributed by atoms with E-state index in [-0.39, 0.29) is 0 Å². The van der Waals surface area contributed by atoms with E-state index in [1.54, 1.807) is 30.6 Å². The van der Waals surface area contributed by atoms with Gasteiger partial charge < -0.3 is 4.74 Å². The number of hydrogen-bond donors (Lipinski definition) is 0. The molecular weight excluding hydrogens is 298 g/mol.